The zero-order valence-electron chi connectivity index (χ0n) is 14.4. The molecule has 0 spiro atoms. The standard InChI is InChI=1S/C19H21FN4O2/c20-15-5-2-1-4-13(15)18(25)22-16-6-3-7-17-14(16)12-21-19(23-17)24-8-10-26-11-9-24/h1-2,4-5,12,16H,3,6-11H2,(H,22,25)/t16-/m0/s1. The molecule has 1 aromatic heterocycles. The number of hydrogen-bond donors (Lipinski definition) is 1. The molecule has 1 aliphatic heterocycles. The number of carbonyl (C=O) groups is 1. The van der Waals surface area contributed by atoms with Gasteiger partial charge in [-0.3, -0.25) is 4.79 Å². The normalized spacial score (nSPS) is 19.7. The van der Waals surface area contributed by atoms with Gasteiger partial charge in [0, 0.05) is 24.8 Å². The van der Waals surface area contributed by atoms with E-state index in [0.717, 1.165) is 43.6 Å². The third-order valence-corrected chi connectivity index (χ3v) is 4.89. The number of halogens is 1. The van der Waals surface area contributed by atoms with Gasteiger partial charge < -0.3 is 15.0 Å². The molecular formula is C19H21FN4O2. The number of aromatic nitrogens is 2. The Labute approximate surface area is 151 Å². The van der Waals surface area contributed by atoms with E-state index >= 15 is 0 Å². The number of ether oxygens (including phenoxy) is 1. The summed E-state index contributed by atoms with van der Waals surface area (Å²) in [7, 11) is 0. The van der Waals surface area contributed by atoms with Crippen LogP contribution in [0.1, 0.15) is 40.5 Å². The summed E-state index contributed by atoms with van der Waals surface area (Å²) in [6.07, 6.45) is 4.39. The Bertz CT molecular complexity index is 808. The third kappa shape index (κ3) is 3.39. The summed E-state index contributed by atoms with van der Waals surface area (Å²) < 4.78 is 19.2. The average Bonchev–Trinajstić information content (AvgIpc) is 2.69. The molecule has 0 unspecified atom stereocenters. The molecule has 0 bridgehead atoms. The minimum atomic E-state index is -0.514. The van der Waals surface area contributed by atoms with E-state index < -0.39 is 11.7 Å². The molecule has 0 radical (unpaired) electrons. The first kappa shape index (κ1) is 16.9. The summed E-state index contributed by atoms with van der Waals surface area (Å²) in [5.74, 6) is -0.203. The van der Waals surface area contributed by atoms with Crippen molar-refractivity contribution in [2.45, 2.75) is 25.3 Å². The highest BCUT2D eigenvalue weighted by molar-refractivity contribution is 5.94. The predicted octanol–water partition coefficient (Wildman–Crippen LogP) is 2.26. The Morgan fingerprint density at radius 1 is 1.27 bits per heavy atom. The number of nitrogens with zero attached hydrogens (tertiary/aromatic N) is 3. The van der Waals surface area contributed by atoms with Crippen molar-refractivity contribution >= 4 is 11.9 Å². The fourth-order valence-corrected chi connectivity index (χ4v) is 3.48. The van der Waals surface area contributed by atoms with Crippen LogP contribution in [-0.4, -0.2) is 42.2 Å². The lowest BCUT2D eigenvalue weighted by Gasteiger charge is -2.29. The van der Waals surface area contributed by atoms with Crippen LogP contribution in [0.15, 0.2) is 30.5 Å². The fraction of sp³-hybridized carbons (Fsp3) is 0.421. The van der Waals surface area contributed by atoms with Crippen LogP contribution in [0.5, 0.6) is 0 Å². The number of anilines is 1. The minimum Gasteiger partial charge on any atom is -0.378 e. The van der Waals surface area contributed by atoms with Gasteiger partial charge in [0.15, 0.2) is 0 Å². The van der Waals surface area contributed by atoms with Gasteiger partial charge in [0.25, 0.3) is 5.91 Å². The molecule has 2 aliphatic rings. The van der Waals surface area contributed by atoms with E-state index in [1.807, 2.05) is 0 Å². The molecule has 0 saturated carbocycles. The molecule has 136 valence electrons. The van der Waals surface area contributed by atoms with Gasteiger partial charge in [0.05, 0.1) is 30.5 Å². The van der Waals surface area contributed by atoms with Crippen LogP contribution < -0.4 is 10.2 Å². The van der Waals surface area contributed by atoms with Crippen molar-refractivity contribution < 1.29 is 13.9 Å². The summed E-state index contributed by atoms with van der Waals surface area (Å²) in [5, 5.41) is 2.94. The predicted molar refractivity (Wildman–Crippen MR) is 94.6 cm³/mol. The molecule has 4 rings (SSSR count). The van der Waals surface area contributed by atoms with Crippen molar-refractivity contribution in [3.05, 3.63) is 53.1 Å². The summed E-state index contributed by atoms with van der Waals surface area (Å²) in [4.78, 5) is 23.8. The van der Waals surface area contributed by atoms with Crippen molar-refractivity contribution in [3.8, 4) is 0 Å². The third-order valence-electron chi connectivity index (χ3n) is 4.89. The highest BCUT2D eigenvalue weighted by Crippen LogP contribution is 2.29. The van der Waals surface area contributed by atoms with Gasteiger partial charge >= 0.3 is 0 Å². The van der Waals surface area contributed by atoms with Gasteiger partial charge in [0.1, 0.15) is 5.82 Å². The molecule has 26 heavy (non-hydrogen) atoms. The van der Waals surface area contributed by atoms with Gasteiger partial charge in [-0.05, 0) is 31.4 Å². The molecule has 1 fully saturated rings. The Morgan fingerprint density at radius 3 is 2.88 bits per heavy atom. The second-order valence-corrected chi connectivity index (χ2v) is 6.57. The van der Waals surface area contributed by atoms with Crippen LogP contribution in [0.25, 0.3) is 0 Å². The lowest BCUT2D eigenvalue weighted by Crippen LogP contribution is -2.38. The number of benzene rings is 1. The second-order valence-electron chi connectivity index (χ2n) is 6.57. The molecule has 2 heterocycles. The zero-order valence-corrected chi connectivity index (χ0v) is 14.4. The number of nitrogens with one attached hydrogen (secondary N) is 1. The van der Waals surface area contributed by atoms with E-state index in [2.05, 4.69) is 15.2 Å². The first-order chi connectivity index (χ1) is 12.7. The van der Waals surface area contributed by atoms with Crippen LogP contribution in [0, 0.1) is 5.82 Å². The van der Waals surface area contributed by atoms with E-state index in [4.69, 9.17) is 9.72 Å². The number of amides is 1. The minimum absolute atomic E-state index is 0.0606. The van der Waals surface area contributed by atoms with Crippen molar-refractivity contribution in [3.63, 3.8) is 0 Å². The van der Waals surface area contributed by atoms with Crippen molar-refractivity contribution in [1.82, 2.24) is 15.3 Å². The van der Waals surface area contributed by atoms with Crippen LogP contribution >= 0.6 is 0 Å². The maximum Gasteiger partial charge on any atom is 0.254 e. The van der Waals surface area contributed by atoms with Gasteiger partial charge in [-0.2, -0.15) is 0 Å². The molecule has 1 N–H and O–H groups in total. The lowest BCUT2D eigenvalue weighted by atomic mass is 9.92. The summed E-state index contributed by atoms with van der Waals surface area (Å²) >= 11 is 0. The SMILES string of the molecule is O=C(N[C@H]1CCCc2nc(N3CCOCC3)ncc21)c1ccccc1F. The maximum atomic E-state index is 13.8. The van der Waals surface area contributed by atoms with E-state index in [9.17, 15) is 9.18 Å². The average molecular weight is 356 g/mol. The maximum absolute atomic E-state index is 13.8. The number of carbonyl (C=O) groups excluding carboxylic acids is 1. The molecule has 1 aromatic carbocycles. The quantitative estimate of drug-likeness (QED) is 0.914. The van der Waals surface area contributed by atoms with Crippen LogP contribution in [-0.2, 0) is 11.2 Å². The Balaban J connectivity index is 1.53. The van der Waals surface area contributed by atoms with Gasteiger partial charge in [-0.1, -0.05) is 12.1 Å². The van der Waals surface area contributed by atoms with E-state index in [1.165, 1.54) is 12.1 Å². The molecule has 6 nitrogen and oxygen atoms in total. The summed E-state index contributed by atoms with van der Waals surface area (Å²) in [6, 6.07) is 5.83. The van der Waals surface area contributed by atoms with Crippen LogP contribution in [0.4, 0.5) is 10.3 Å². The van der Waals surface area contributed by atoms with Gasteiger partial charge in [-0.25, -0.2) is 14.4 Å². The number of rotatable bonds is 3. The largest absolute Gasteiger partial charge is 0.378 e. The van der Waals surface area contributed by atoms with Crippen molar-refractivity contribution in [1.29, 1.82) is 0 Å². The smallest absolute Gasteiger partial charge is 0.254 e. The number of aryl methyl sites for hydroxylation is 1. The summed E-state index contributed by atoms with van der Waals surface area (Å²) in [5.41, 5.74) is 1.95. The molecular weight excluding hydrogens is 335 g/mol. The van der Waals surface area contributed by atoms with Crippen LogP contribution in [0.2, 0.25) is 0 Å². The molecule has 1 aliphatic carbocycles. The first-order valence-electron chi connectivity index (χ1n) is 8.96. The number of fused-ring (bicyclic) bond motifs is 1. The van der Waals surface area contributed by atoms with E-state index in [1.54, 1.807) is 18.3 Å². The highest BCUT2D eigenvalue weighted by atomic mass is 19.1. The molecule has 7 heteroatoms. The van der Waals surface area contributed by atoms with Crippen molar-refractivity contribution in [2.24, 2.45) is 0 Å². The summed E-state index contributed by atoms with van der Waals surface area (Å²) in [6.45, 7) is 2.93. The second kappa shape index (κ2) is 7.37. The fourth-order valence-electron chi connectivity index (χ4n) is 3.48. The van der Waals surface area contributed by atoms with E-state index in [-0.39, 0.29) is 11.6 Å². The molecule has 1 amide bonds. The Morgan fingerprint density at radius 2 is 2.08 bits per heavy atom. The highest BCUT2D eigenvalue weighted by Gasteiger charge is 2.26. The monoisotopic (exact) mass is 356 g/mol. The Kier molecular flexibility index (Phi) is 4.79. The molecule has 1 saturated heterocycles. The molecule has 2 aromatic rings. The van der Waals surface area contributed by atoms with Gasteiger partial charge in [0.2, 0.25) is 5.95 Å². The number of hydrogen-bond acceptors (Lipinski definition) is 5. The topological polar surface area (TPSA) is 67.4 Å². The molecule has 1 atom stereocenters. The number of morpholine rings is 1. The Hall–Kier alpha value is -2.54. The van der Waals surface area contributed by atoms with Gasteiger partial charge in [-0.15, -0.1) is 0 Å². The van der Waals surface area contributed by atoms with E-state index in [0.29, 0.717) is 19.2 Å². The van der Waals surface area contributed by atoms with Crippen molar-refractivity contribution in [2.75, 3.05) is 31.2 Å². The zero-order chi connectivity index (χ0) is 17.9. The van der Waals surface area contributed by atoms with Crippen LogP contribution in [0.3, 0.4) is 0 Å². The lowest BCUT2D eigenvalue weighted by molar-refractivity contribution is 0.0928. The first-order valence-corrected chi connectivity index (χ1v) is 8.96.